The summed E-state index contributed by atoms with van der Waals surface area (Å²) in [6.07, 6.45) is 2.28. The van der Waals surface area contributed by atoms with E-state index in [2.05, 4.69) is 5.32 Å². The fourth-order valence-electron chi connectivity index (χ4n) is 1.79. The highest BCUT2D eigenvalue weighted by molar-refractivity contribution is 5.84. The topological polar surface area (TPSA) is 49.4 Å². The molecule has 0 saturated carbocycles. The molecule has 4 heteroatoms. The van der Waals surface area contributed by atoms with E-state index in [4.69, 9.17) is 0 Å². The molecular weight excluding hydrogens is 192 g/mol. The van der Waals surface area contributed by atoms with Crippen molar-refractivity contribution in [2.75, 3.05) is 19.6 Å². The summed E-state index contributed by atoms with van der Waals surface area (Å²) in [5, 5.41) is 2.84. The lowest BCUT2D eigenvalue weighted by molar-refractivity contribution is -0.125. The van der Waals surface area contributed by atoms with Gasteiger partial charge in [-0.3, -0.25) is 4.79 Å². The molecule has 1 aliphatic rings. The van der Waals surface area contributed by atoms with Crippen LogP contribution in [0.25, 0.3) is 0 Å². The smallest absolute Gasteiger partial charge is 0.317 e. The first kappa shape index (κ1) is 12.0. The number of nitrogens with zero attached hydrogens (tertiary/aromatic N) is 1. The van der Waals surface area contributed by atoms with Gasteiger partial charge in [0, 0.05) is 32.0 Å². The Morgan fingerprint density at radius 2 is 2.27 bits per heavy atom. The molecular formula is C11H20N2O2. The van der Waals surface area contributed by atoms with E-state index in [-0.39, 0.29) is 11.9 Å². The van der Waals surface area contributed by atoms with Crippen molar-refractivity contribution in [1.82, 2.24) is 10.2 Å². The lowest BCUT2D eigenvalue weighted by Crippen LogP contribution is -2.48. The van der Waals surface area contributed by atoms with E-state index in [1.807, 2.05) is 13.8 Å². The van der Waals surface area contributed by atoms with Crippen LogP contribution in [0.2, 0.25) is 0 Å². The molecule has 1 N–H and O–H groups in total. The van der Waals surface area contributed by atoms with Gasteiger partial charge >= 0.3 is 6.03 Å². The Balaban J connectivity index is 2.43. The van der Waals surface area contributed by atoms with Gasteiger partial charge in [-0.1, -0.05) is 13.8 Å². The third-order valence-corrected chi connectivity index (χ3v) is 2.83. The summed E-state index contributed by atoms with van der Waals surface area (Å²) < 4.78 is 0. The number of hydrogen-bond donors (Lipinski definition) is 1. The van der Waals surface area contributed by atoms with Crippen molar-refractivity contribution in [2.24, 2.45) is 5.92 Å². The molecule has 0 aromatic heterocycles. The molecule has 15 heavy (non-hydrogen) atoms. The van der Waals surface area contributed by atoms with Crippen molar-refractivity contribution < 1.29 is 9.59 Å². The number of piperidine rings is 1. The molecule has 1 saturated heterocycles. The van der Waals surface area contributed by atoms with Gasteiger partial charge in [-0.15, -0.1) is 0 Å². The molecule has 1 aliphatic heterocycles. The van der Waals surface area contributed by atoms with Crippen LogP contribution in [0.1, 0.15) is 33.1 Å². The van der Waals surface area contributed by atoms with Crippen LogP contribution >= 0.6 is 0 Å². The molecule has 1 atom stereocenters. The van der Waals surface area contributed by atoms with Gasteiger partial charge in [0.2, 0.25) is 0 Å². The third kappa shape index (κ3) is 3.22. The predicted octanol–water partition coefficient (Wildman–Crippen LogP) is 1.41. The van der Waals surface area contributed by atoms with Crippen LogP contribution in [-0.2, 0) is 4.79 Å². The standard InChI is InChI=1S/C11H20N2O2/c1-3-6-12-11(15)13-7-5-10(14)9(4-2)8-13/h9H,3-8H2,1-2H3,(H,12,15). The minimum Gasteiger partial charge on any atom is -0.338 e. The van der Waals surface area contributed by atoms with Gasteiger partial charge in [-0.2, -0.15) is 0 Å². The number of nitrogens with one attached hydrogen (secondary N) is 1. The second-order valence-electron chi connectivity index (χ2n) is 4.00. The summed E-state index contributed by atoms with van der Waals surface area (Å²) in [6.45, 7) is 5.89. The first-order valence-corrected chi connectivity index (χ1v) is 5.74. The van der Waals surface area contributed by atoms with Crippen LogP contribution < -0.4 is 5.32 Å². The van der Waals surface area contributed by atoms with E-state index in [9.17, 15) is 9.59 Å². The molecule has 0 aliphatic carbocycles. The summed E-state index contributed by atoms with van der Waals surface area (Å²) in [4.78, 5) is 24.8. The summed E-state index contributed by atoms with van der Waals surface area (Å²) in [5.74, 6) is 0.350. The van der Waals surface area contributed by atoms with Crippen molar-refractivity contribution in [2.45, 2.75) is 33.1 Å². The average molecular weight is 212 g/mol. The quantitative estimate of drug-likeness (QED) is 0.769. The highest BCUT2D eigenvalue weighted by Gasteiger charge is 2.28. The Morgan fingerprint density at radius 3 is 2.87 bits per heavy atom. The van der Waals surface area contributed by atoms with Crippen LogP contribution in [0, 0.1) is 5.92 Å². The highest BCUT2D eigenvalue weighted by atomic mass is 16.2. The Bertz CT molecular complexity index is 241. The minimum atomic E-state index is -0.0252. The van der Waals surface area contributed by atoms with E-state index in [0.29, 0.717) is 31.8 Å². The maximum absolute atomic E-state index is 11.6. The van der Waals surface area contributed by atoms with Crippen LogP contribution in [-0.4, -0.2) is 36.3 Å². The number of urea groups is 1. The second kappa shape index (κ2) is 5.73. The lowest BCUT2D eigenvalue weighted by atomic mass is 9.94. The van der Waals surface area contributed by atoms with Gasteiger partial charge in [0.05, 0.1) is 0 Å². The molecule has 1 fully saturated rings. The number of amides is 2. The monoisotopic (exact) mass is 212 g/mol. The zero-order chi connectivity index (χ0) is 11.3. The van der Waals surface area contributed by atoms with Gasteiger partial charge in [0.1, 0.15) is 5.78 Å². The van der Waals surface area contributed by atoms with Gasteiger partial charge in [-0.05, 0) is 12.8 Å². The summed E-state index contributed by atoms with van der Waals surface area (Å²) >= 11 is 0. The van der Waals surface area contributed by atoms with Gasteiger partial charge in [0.15, 0.2) is 0 Å². The molecule has 0 aromatic carbocycles. The van der Waals surface area contributed by atoms with E-state index in [0.717, 1.165) is 12.8 Å². The van der Waals surface area contributed by atoms with Crippen LogP contribution in [0.3, 0.4) is 0 Å². The van der Waals surface area contributed by atoms with E-state index in [1.54, 1.807) is 4.90 Å². The van der Waals surface area contributed by atoms with Crippen LogP contribution in [0.15, 0.2) is 0 Å². The average Bonchev–Trinajstić information content (AvgIpc) is 2.26. The second-order valence-corrected chi connectivity index (χ2v) is 4.00. The molecule has 1 rings (SSSR count). The Labute approximate surface area is 91.0 Å². The van der Waals surface area contributed by atoms with Crippen LogP contribution in [0.5, 0.6) is 0 Å². The van der Waals surface area contributed by atoms with E-state index in [1.165, 1.54) is 0 Å². The van der Waals surface area contributed by atoms with Gasteiger partial charge < -0.3 is 10.2 Å². The van der Waals surface area contributed by atoms with E-state index < -0.39 is 0 Å². The maximum Gasteiger partial charge on any atom is 0.317 e. The fourth-order valence-corrected chi connectivity index (χ4v) is 1.79. The Kier molecular flexibility index (Phi) is 4.59. The fraction of sp³-hybridized carbons (Fsp3) is 0.818. The van der Waals surface area contributed by atoms with Crippen molar-refractivity contribution in [1.29, 1.82) is 0 Å². The summed E-state index contributed by atoms with van der Waals surface area (Å²) in [5.41, 5.74) is 0. The van der Waals surface area contributed by atoms with Crippen molar-refractivity contribution >= 4 is 11.8 Å². The van der Waals surface area contributed by atoms with Crippen molar-refractivity contribution in [3.63, 3.8) is 0 Å². The molecule has 4 nitrogen and oxygen atoms in total. The largest absolute Gasteiger partial charge is 0.338 e. The molecule has 0 spiro atoms. The number of carbonyl (C=O) groups is 2. The molecule has 0 aromatic rings. The summed E-state index contributed by atoms with van der Waals surface area (Å²) in [7, 11) is 0. The maximum atomic E-state index is 11.6. The van der Waals surface area contributed by atoms with Gasteiger partial charge in [0.25, 0.3) is 0 Å². The summed E-state index contributed by atoms with van der Waals surface area (Å²) in [6, 6.07) is -0.0252. The molecule has 1 unspecified atom stereocenters. The highest BCUT2D eigenvalue weighted by Crippen LogP contribution is 2.15. The SMILES string of the molecule is CCCNC(=O)N1CCC(=O)C(CC)C1. The molecule has 86 valence electrons. The number of hydrogen-bond acceptors (Lipinski definition) is 2. The number of ketones is 1. The molecule has 0 radical (unpaired) electrons. The normalized spacial score (nSPS) is 21.6. The number of rotatable bonds is 3. The lowest BCUT2D eigenvalue weighted by Gasteiger charge is -2.31. The molecule has 2 amide bonds. The van der Waals surface area contributed by atoms with E-state index >= 15 is 0 Å². The Hall–Kier alpha value is -1.06. The predicted molar refractivity (Wildman–Crippen MR) is 58.7 cm³/mol. The minimum absolute atomic E-state index is 0.0252. The zero-order valence-electron chi connectivity index (χ0n) is 9.58. The first-order chi connectivity index (χ1) is 7.19. The third-order valence-electron chi connectivity index (χ3n) is 2.83. The van der Waals surface area contributed by atoms with Crippen molar-refractivity contribution in [3.05, 3.63) is 0 Å². The number of carbonyl (C=O) groups excluding carboxylic acids is 2. The first-order valence-electron chi connectivity index (χ1n) is 5.74. The number of Topliss-reactive ketones (excluding diaryl/α,β-unsaturated/α-hetero) is 1. The molecule has 0 bridgehead atoms. The van der Waals surface area contributed by atoms with Crippen molar-refractivity contribution in [3.8, 4) is 0 Å². The Morgan fingerprint density at radius 1 is 1.53 bits per heavy atom. The molecule has 1 heterocycles. The zero-order valence-corrected chi connectivity index (χ0v) is 9.58. The number of likely N-dealkylation sites (tertiary alicyclic amines) is 1. The van der Waals surface area contributed by atoms with Gasteiger partial charge in [-0.25, -0.2) is 4.79 Å². The van der Waals surface area contributed by atoms with Crippen LogP contribution in [0.4, 0.5) is 4.79 Å².